The van der Waals surface area contributed by atoms with E-state index >= 15 is 0 Å². The standard InChI is InChI=1S/C32H32N4O5/c37-23-11-12-27(28(38)18-23)36-31(39)25-4-3-5-26(30(25)32(36)40)34-19-21-7-9-22(10-8-21)20-35-16-13-24(14-17-35)41-29-6-1-2-15-33-29/h1-10,15,24,27,34H,11-14,16-20H2. The molecule has 1 saturated heterocycles. The van der Waals surface area contributed by atoms with Crippen molar-refractivity contribution >= 4 is 29.1 Å². The Morgan fingerprint density at radius 1 is 0.854 bits per heavy atom. The van der Waals surface area contributed by atoms with Gasteiger partial charge in [-0.1, -0.05) is 36.4 Å². The van der Waals surface area contributed by atoms with Crippen LogP contribution in [0, 0.1) is 0 Å². The van der Waals surface area contributed by atoms with E-state index in [1.807, 2.05) is 18.2 Å². The number of piperidine rings is 1. The molecule has 1 atom stereocenters. The molecule has 0 spiro atoms. The first-order chi connectivity index (χ1) is 20.0. The van der Waals surface area contributed by atoms with Crippen molar-refractivity contribution in [1.29, 1.82) is 0 Å². The molecule has 3 heterocycles. The van der Waals surface area contributed by atoms with Crippen LogP contribution < -0.4 is 10.1 Å². The van der Waals surface area contributed by atoms with E-state index in [1.165, 1.54) is 5.56 Å². The molecule has 9 heteroatoms. The number of aromatic nitrogens is 1. The van der Waals surface area contributed by atoms with Gasteiger partial charge < -0.3 is 10.1 Å². The van der Waals surface area contributed by atoms with Gasteiger partial charge in [0.25, 0.3) is 11.8 Å². The van der Waals surface area contributed by atoms with Gasteiger partial charge in [-0.15, -0.1) is 0 Å². The molecule has 6 rings (SSSR count). The summed E-state index contributed by atoms with van der Waals surface area (Å²) in [6.07, 6.45) is 4.03. The number of Topliss-reactive ketones (excluding diaryl/α,β-unsaturated/α-hetero) is 2. The van der Waals surface area contributed by atoms with Crippen LogP contribution in [0.25, 0.3) is 0 Å². The van der Waals surface area contributed by atoms with Crippen molar-refractivity contribution in [3.63, 3.8) is 0 Å². The van der Waals surface area contributed by atoms with Gasteiger partial charge in [0.05, 0.1) is 23.6 Å². The lowest BCUT2D eigenvalue weighted by molar-refractivity contribution is -0.132. The Kier molecular flexibility index (Phi) is 7.61. The summed E-state index contributed by atoms with van der Waals surface area (Å²) in [6.45, 7) is 3.28. The minimum atomic E-state index is -0.875. The van der Waals surface area contributed by atoms with Gasteiger partial charge in [0, 0.05) is 50.6 Å². The number of nitrogens with one attached hydrogen (secondary N) is 1. The summed E-state index contributed by atoms with van der Waals surface area (Å²) in [4.78, 5) is 58.3. The molecule has 2 aromatic carbocycles. The molecule has 2 fully saturated rings. The Hall–Kier alpha value is -4.37. The van der Waals surface area contributed by atoms with E-state index in [9.17, 15) is 19.2 Å². The number of rotatable bonds is 8. The van der Waals surface area contributed by atoms with Gasteiger partial charge in [0.15, 0.2) is 5.78 Å². The number of ether oxygens (including phenoxy) is 1. The summed E-state index contributed by atoms with van der Waals surface area (Å²) in [6, 6.07) is 18.3. The maximum Gasteiger partial charge on any atom is 0.264 e. The molecule has 3 aromatic rings. The Labute approximate surface area is 238 Å². The fourth-order valence-corrected chi connectivity index (χ4v) is 5.86. The molecule has 1 unspecified atom stereocenters. The molecule has 0 radical (unpaired) electrons. The van der Waals surface area contributed by atoms with E-state index in [0.717, 1.165) is 42.9 Å². The molecule has 9 nitrogen and oxygen atoms in total. The second-order valence-electron chi connectivity index (χ2n) is 10.9. The SMILES string of the molecule is O=C1CCC(N2C(=O)c3cccc(NCc4ccc(CN5CCC(Oc6ccccn6)CC5)cc4)c3C2=O)C(=O)C1. The average Bonchev–Trinajstić information content (AvgIpc) is 3.24. The zero-order valence-corrected chi connectivity index (χ0v) is 22.8. The summed E-state index contributed by atoms with van der Waals surface area (Å²) in [5.41, 5.74) is 3.40. The van der Waals surface area contributed by atoms with Gasteiger partial charge in [-0.25, -0.2) is 4.98 Å². The number of benzene rings is 2. The average molecular weight is 553 g/mol. The molecular formula is C32H32N4O5. The third kappa shape index (κ3) is 5.76. The van der Waals surface area contributed by atoms with E-state index in [1.54, 1.807) is 24.4 Å². The van der Waals surface area contributed by atoms with Crippen LogP contribution in [0.4, 0.5) is 5.69 Å². The number of likely N-dealkylation sites (tertiary alicyclic amines) is 1. The van der Waals surface area contributed by atoms with Gasteiger partial charge in [-0.05, 0) is 48.6 Å². The van der Waals surface area contributed by atoms with E-state index in [-0.39, 0.29) is 48.1 Å². The number of pyridine rings is 1. The highest BCUT2D eigenvalue weighted by Crippen LogP contribution is 2.33. The normalized spacial score (nSPS) is 19.9. The molecular weight excluding hydrogens is 520 g/mol. The largest absolute Gasteiger partial charge is 0.474 e. The number of fused-ring (bicyclic) bond motifs is 1. The van der Waals surface area contributed by atoms with Crippen LogP contribution in [0.2, 0.25) is 0 Å². The van der Waals surface area contributed by atoms with Crippen LogP contribution in [0.1, 0.15) is 63.9 Å². The summed E-state index contributed by atoms with van der Waals surface area (Å²) in [5.74, 6) is -0.788. The van der Waals surface area contributed by atoms with Gasteiger partial charge in [-0.3, -0.25) is 29.0 Å². The molecule has 1 aromatic heterocycles. The monoisotopic (exact) mass is 552 g/mol. The van der Waals surface area contributed by atoms with E-state index < -0.39 is 17.9 Å². The number of anilines is 1. The predicted molar refractivity (Wildman–Crippen MR) is 152 cm³/mol. The van der Waals surface area contributed by atoms with Crippen molar-refractivity contribution in [2.45, 2.75) is 57.3 Å². The Morgan fingerprint density at radius 3 is 2.37 bits per heavy atom. The summed E-state index contributed by atoms with van der Waals surface area (Å²) < 4.78 is 6.00. The molecule has 1 aliphatic carbocycles. The quantitative estimate of drug-likeness (QED) is 0.330. The molecule has 1 N–H and O–H groups in total. The van der Waals surface area contributed by atoms with Crippen molar-refractivity contribution in [2.24, 2.45) is 0 Å². The highest BCUT2D eigenvalue weighted by Gasteiger charge is 2.45. The van der Waals surface area contributed by atoms with Crippen LogP contribution in [-0.4, -0.2) is 63.4 Å². The lowest BCUT2D eigenvalue weighted by Gasteiger charge is -2.31. The highest BCUT2D eigenvalue weighted by atomic mass is 16.5. The van der Waals surface area contributed by atoms with Crippen LogP contribution in [0.3, 0.4) is 0 Å². The minimum Gasteiger partial charge on any atom is -0.474 e. The molecule has 2 amide bonds. The third-order valence-electron chi connectivity index (χ3n) is 8.07. The van der Waals surface area contributed by atoms with Crippen LogP contribution in [-0.2, 0) is 22.7 Å². The number of hydrogen-bond donors (Lipinski definition) is 1. The zero-order valence-electron chi connectivity index (χ0n) is 22.8. The van der Waals surface area contributed by atoms with E-state index in [2.05, 4.69) is 39.5 Å². The predicted octanol–water partition coefficient (Wildman–Crippen LogP) is 4.02. The lowest BCUT2D eigenvalue weighted by atomic mass is 9.92. The van der Waals surface area contributed by atoms with Crippen molar-refractivity contribution in [1.82, 2.24) is 14.8 Å². The van der Waals surface area contributed by atoms with Crippen molar-refractivity contribution < 1.29 is 23.9 Å². The summed E-state index contributed by atoms with van der Waals surface area (Å²) >= 11 is 0. The second-order valence-corrected chi connectivity index (χ2v) is 10.9. The zero-order chi connectivity index (χ0) is 28.3. The van der Waals surface area contributed by atoms with Crippen molar-refractivity contribution in [2.75, 3.05) is 18.4 Å². The van der Waals surface area contributed by atoms with Crippen LogP contribution in [0.15, 0.2) is 66.9 Å². The Morgan fingerprint density at radius 2 is 1.63 bits per heavy atom. The maximum atomic E-state index is 13.3. The molecule has 210 valence electrons. The first-order valence-electron chi connectivity index (χ1n) is 14.1. The molecule has 0 bridgehead atoms. The summed E-state index contributed by atoms with van der Waals surface area (Å²) in [7, 11) is 0. The molecule has 1 saturated carbocycles. The molecule has 3 aliphatic rings. The van der Waals surface area contributed by atoms with E-state index in [4.69, 9.17) is 4.74 Å². The van der Waals surface area contributed by atoms with Gasteiger partial charge in [0.1, 0.15) is 11.9 Å². The topological polar surface area (TPSA) is 109 Å². The van der Waals surface area contributed by atoms with E-state index in [0.29, 0.717) is 18.1 Å². The number of carbonyl (C=O) groups excluding carboxylic acids is 4. The number of hydrogen-bond acceptors (Lipinski definition) is 8. The van der Waals surface area contributed by atoms with Crippen molar-refractivity contribution in [3.05, 3.63) is 89.1 Å². The van der Waals surface area contributed by atoms with Gasteiger partial charge in [-0.2, -0.15) is 0 Å². The number of nitrogens with zero attached hydrogens (tertiary/aromatic N) is 3. The van der Waals surface area contributed by atoms with Crippen LogP contribution in [0.5, 0.6) is 5.88 Å². The smallest absolute Gasteiger partial charge is 0.264 e. The van der Waals surface area contributed by atoms with Gasteiger partial charge in [0.2, 0.25) is 5.88 Å². The number of amides is 2. The van der Waals surface area contributed by atoms with Crippen LogP contribution >= 0.6 is 0 Å². The lowest BCUT2D eigenvalue weighted by Crippen LogP contribution is -2.47. The van der Waals surface area contributed by atoms with Crippen molar-refractivity contribution in [3.8, 4) is 5.88 Å². The van der Waals surface area contributed by atoms with Gasteiger partial charge >= 0.3 is 0 Å². The number of imide groups is 1. The number of carbonyl (C=O) groups is 4. The first-order valence-corrected chi connectivity index (χ1v) is 14.1. The first kappa shape index (κ1) is 26.8. The minimum absolute atomic E-state index is 0.146. The molecule has 2 aliphatic heterocycles. The number of ketones is 2. The Bertz CT molecular complexity index is 1470. The maximum absolute atomic E-state index is 13.3. The fraction of sp³-hybridized carbons (Fsp3) is 0.344. The second kappa shape index (κ2) is 11.6. The molecule has 41 heavy (non-hydrogen) atoms. The highest BCUT2D eigenvalue weighted by molar-refractivity contribution is 6.25. The summed E-state index contributed by atoms with van der Waals surface area (Å²) in [5, 5.41) is 3.31. The Balaban J connectivity index is 1.04. The third-order valence-corrected chi connectivity index (χ3v) is 8.07. The fourth-order valence-electron chi connectivity index (χ4n) is 5.86.